The van der Waals surface area contributed by atoms with E-state index in [0.29, 0.717) is 32.5 Å². The number of hydrogen-bond donors (Lipinski definition) is 0. The standard InChI is InChI=1S/C16H22N2O2/c1-13-5-6-14(2)15(11-13)12-16(19)18(8-4-7-17)9-10-20-3/h5-6,11H,4,8-10,12H2,1-3H3. The highest BCUT2D eigenvalue weighted by Crippen LogP contribution is 2.12. The van der Waals surface area contributed by atoms with Crippen molar-refractivity contribution in [2.24, 2.45) is 0 Å². The molecule has 0 aliphatic rings. The summed E-state index contributed by atoms with van der Waals surface area (Å²) in [7, 11) is 1.61. The summed E-state index contributed by atoms with van der Waals surface area (Å²) < 4.78 is 5.02. The van der Waals surface area contributed by atoms with Crippen LogP contribution in [0.15, 0.2) is 18.2 Å². The van der Waals surface area contributed by atoms with E-state index in [1.807, 2.05) is 32.0 Å². The Labute approximate surface area is 121 Å². The lowest BCUT2D eigenvalue weighted by Crippen LogP contribution is -2.35. The molecule has 1 rings (SSSR count). The fourth-order valence-electron chi connectivity index (χ4n) is 2.01. The molecular weight excluding hydrogens is 252 g/mol. The van der Waals surface area contributed by atoms with E-state index < -0.39 is 0 Å². The van der Waals surface area contributed by atoms with Gasteiger partial charge >= 0.3 is 0 Å². The number of rotatable bonds is 7. The number of nitriles is 1. The molecule has 0 saturated heterocycles. The molecule has 1 aromatic carbocycles. The second-order valence-electron chi connectivity index (χ2n) is 4.89. The largest absolute Gasteiger partial charge is 0.383 e. The first kappa shape index (κ1) is 16.2. The van der Waals surface area contributed by atoms with Gasteiger partial charge in [-0.15, -0.1) is 0 Å². The van der Waals surface area contributed by atoms with Gasteiger partial charge < -0.3 is 9.64 Å². The molecule has 4 nitrogen and oxygen atoms in total. The quantitative estimate of drug-likeness (QED) is 0.766. The second-order valence-corrected chi connectivity index (χ2v) is 4.89. The Morgan fingerprint density at radius 3 is 2.75 bits per heavy atom. The molecule has 0 atom stereocenters. The summed E-state index contributed by atoms with van der Waals surface area (Å²) in [5, 5.41) is 8.67. The SMILES string of the molecule is COCCN(CCC#N)C(=O)Cc1cc(C)ccc1C. The van der Waals surface area contributed by atoms with Crippen molar-refractivity contribution in [1.82, 2.24) is 4.90 Å². The van der Waals surface area contributed by atoms with E-state index in [2.05, 4.69) is 6.07 Å². The number of benzene rings is 1. The lowest BCUT2D eigenvalue weighted by atomic mass is 10.0. The van der Waals surface area contributed by atoms with Crippen LogP contribution in [0, 0.1) is 25.2 Å². The van der Waals surface area contributed by atoms with Gasteiger partial charge in [-0.2, -0.15) is 5.26 Å². The first-order valence-corrected chi connectivity index (χ1v) is 6.78. The first-order chi connectivity index (χ1) is 9.58. The van der Waals surface area contributed by atoms with Gasteiger partial charge in [-0.25, -0.2) is 0 Å². The van der Waals surface area contributed by atoms with E-state index in [-0.39, 0.29) is 5.91 Å². The minimum absolute atomic E-state index is 0.0472. The van der Waals surface area contributed by atoms with Gasteiger partial charge in [0.05, 0.1) is 25.5 Å². The summed E-state index contributed by atoms with van der Waals surface area (Å²) in [6.45, 7) is 5.51. The van der Waals surface area contributed by atoms with Crippen LogP contribution in [-0.2, 0) is 16.0 Å². The van der Waals surface area contributed by atoms with Crippen molar-refractivity contribution in [3.8, 4) is 6.07 Å². The molecule has 0 unspecified atom stereocenters. The fourth-order valence-corrected chi connectivity index (χ4v) is 2.01. The molecule has 0 heterocycles. The molecule has 0 aliphatic heterocycles. The van der Waals surface area contributed by atoms with Crippen LogP contribution in [-0.4, -0.2) is 37.6 Å². The summed E-state index contributed by atoms with van der Waals surface area (Å²) in [5.74, 6) is 0.0472. The molecule has 0 fully saturated rings. The average Bonchev–Trinajstić information content (AvgIpc) is 2.43. The summed E-state index contributed by atoms with van der Waals surface area (Å²) in [6, 6.07) is 8.20. The van der Waals surface area contributed by atoms with Crippen LogP contribution < -0.4 is 0 Å². The van der Waals surface area contributed by atoms with Crippen molar-refractivity contribution in [2.75, 3.05) is 26.8 Å². The van der Waals surface area contributed by atoms with E-state index in [1.54, 1.807) is 12.0 Å². The Morgan fingerprint density at radius 2 is 2.10 bits per heavy atom. The van der Waals surface area contributed by atoms with Gasteiger partial charge in [-0.05, 0) is 25.0 Å². The number of carbonyl (C=O) groups excluding carboxylic acids is 1. The van der Waals surface area contributed by atoms with Crippen molar-refractivity contribution in [1.29, 1.82) is 5.26 Å². The van der Waals surface area contributed by atoms with Crippen molar-refractivity contribution >= 4 is 5.91 Å². The summed E-state index contributed by atoms with van der Waals surface area (Å²) >= 11 is 0. The van der Waals surface area contributed by atoms with Crippen LogP contribution in [0.3, 0.4) is 0 Å². The summed E-state index contributed by atoms with van der Waals surface area (Å²) in [6.07, 6.45) is 0.727. The Morgan fingerprint density at radius 1 is 1.35 bits per heavy atom. The van der Waals surface area contributed by atoms with E-state index in [1.165, 1.54) is 0 Å². The Hall–Kier alpha value is -1.86. The van der Waals surface area contributed by atoms with Crippen LogP contribution in [0.25, 0.3) is 0 Å². The van der Waals surface area contributed by atoms with Gasteiger partial charge in [0.15, 0.2) is 0 Å². The van der Waals surface area contributed by atoms with Gasteiger partial charge in [0.2, 0.25) is 5.91 Å². The highest BCUT2D eigenvalue weighted by molar-refractivity contribution is 5.79. The molecule has 0 radical (unpaired) electrons. The van der Waals surface area contributed by atoms with Crippen LogP contribution >= 0.6 is 0 Å². The minimum Gasteiger partial charge on any atom is -0.383 e. The molecule has 4 heteroatoms. The van der Waals surface area contributed by atoms with Gasteiger partial charge in [-0.1, -0.05) is 23.8 Å². The maximum atomic E-state index is 12.3. The van der Waals surface area contributed by atoms with E-state index in [0.717, 1.165) is 16.7 Å². The number of methoxy groups -OCH3 is 1. The van der Waals surface area contributed by atoms with Crippen molar-refractivity contribution < 1.29 is 9.53 Å². The van der Waals surface area contributed by atoms with Crippen LogP contribution in [0.1, 0.15) is 23.1 Å². The lowest BCUT2D eigenvalue weighted by Gasteiger charge is -2.21. The third-order valence-electron chi connectivity index (χ3n) is 3.26. The third kappa shape index (κ3) is 5.02. The monoisotopic (exact) mass is 274 g/mol. The number of amides is 1. The number of aryl methyl sites for hydroxylation is 2. The number of hydrogen-bond acceptors (Lipinski definition) is 3. The van der Waals surface area contributed by atoms with Crippen LogP contribution in [0.4, 0.5) is 0 Å². The Bertz CT molecular complexity index is 492. The topological polar surface area (TPSA) is 53.3 Å². The summed E-state index contributed by atoms with van der Waals surface area (Å²) in [5.41, 5.74) is 3.32. The zero-order chi connectivity index (χ0) is 15.0. The Balaban J connectivity index is 2.73. The molecule has 0 aromatic heterocycles. The highest BCUT2D eigenvalue weighted by atomic mass is 16.5. The average molecular weight is 274 g/mol. The maximum Gasteiger partial charge on any atom is 0.227 e. The highest BCUT2D eigenvalue weighted by Gasteiger charge is 2.14. The fraction of sp³-hybridized carbons (Fsp3) is 0.500. The van der Waals surface area contributed by atoms with Crippen molar-refractivity contribution in [2.45, 2.75) is 26.7 Å². The maximum absolute atomic E-state index is 12.3. The molecule has 0 N–H and O–H groups in total. The third-order valence-corrected chi connectivity index (χ3v) is 3.26. The zero-order valence-electron chi connectivity index (χ0n) is 12.5. The molecule has 1 aromatic rings. The Kier molecular flexibility index (Phi) is 6.75. The smallest absolute Gasteiger partial charge is 0.227 e. The number of carbonyl (C=O) groups is 1. The molecule has 20 heavy (non-hydrogen) atoms. The normalized spacial score (nSPS) is 10.1. The summed E-state index contributed by atoms with van der Waals surface area (Å²) in [4.78, 5) is 14.1. The molecule has 108 valence electrons. The molecular formula is C16H22N2O2. The minimum atomic E-state index is 0.0472. The molecule has 0 aliphatic carbocycles. The van der Waals surface area contributed by atoms with Gasteiger partial charge in [0.1, 0.15) is 0 Å². The van der Waals surface area contributed by atoms with Crippen LogP contribution in [0.2, 0.25) is 0 Å². The second kappa shape index (κ2) is 8.34. The molecule has 0 bridgehead atoms. The lowest BCUT2D eigenvalue weighted by molar-refractivity contribution is -0.131. The molecule has 0 spiro atoms. The van der Waals surface area contributed by atoms with E-state index in [9.17, 15) is 4.79 Å². The molecule has 1 amide bonds. The number of ether oxygens (including phenoxy) is 1. The van der Waals surface area contributed by atoms with Crippen molar-refractivity contribution in [3.63, 3.8) is 0 Å². The zero-order valence-corrected chi connectivity index (χ0v) is 12.5. The van der Waals surface area contributed by atoms with Gasteiger partial charge in [0, 0.05) is 20.2 Å². The molecule has 0 saturated carbocycles. The predicted molar refractivity (Wildman–Crippen MR) is 78.3 cm³/mol. The van der Waals surface area contributed by atoms with Gasteiger partial charge in [0.25, 0.3) is 0 Å². The number of nitrogens with zero attached hydrogens (tertiary/aromatic N) is 2. The van der Waals surface area contributed by atoms with E-state index >= 15 is 0 Å². The predicted octanol–water partition coefficient (Wildman–Crippen LogP) is 2.23. The van der Waals surface area contributed by atoms with Crippen LogP contribution in [0.5, 0.6) is 0 Å². The van der Waals surface area contributed by atoms with Gasteiger partial charge in [-0.3, -0.25) is 4.79 Å². The first-order valence-electron chi connectivity index (χ1n) is 6.78. The van der Waals surface area contributed by atoms with Crippen molar-refractivity contribution in [3.05, 3.63) is 34.9 Å². The van der Waals surface area contributed by atoms with E-state index in [4.69, 9.17) is 10.00 Å².